The Morgan fingerprint density at radius 2 is 0.981 bits per heavy atom. The summed E-state index contributed by atoms with van der Waals surface area (Å²) in [4.78, 5) is 2.49. The van der Waals surface area contributed by atoms with Crippen LogP contribution < -0.4 is 5.32 Å². The molecule has 1 fully saturated rings. The molecule has 1 N–H and O–H groups in total. The molecule has 1 heterocycles. The van der Waals surface area contributed by atoms with Crippen LogP contribution in [0.3, 0.4) is 0 Å². The van der Waals surface area contributed by atoms with Crippen LogP contribution in [-0.2, 0) is 9.47 Å². The fourth-order valence-electron chi connectivity index (χ4n) is 7.25. The SMILES string of the molecule is CCCCCC=CCC=CCCCCCCCCC1(CCCCCCCCC=CCC=CCCCCC)OCC(CCN(C)CCCCCNC)O1. The lowest BCUT2D eigenvalue weighted by molar-refractivity contribution is -0.180. The molecule has 0 saturated carbocycles. The summed E-state index contributed by atoms with van der Waals surface area (Å²) in [7, 11) is 4.32. The average molecular weight is 727 g/mol. The van der Waals surface area contributed by atoms with Gasteiger partial charge in [-0.25, -0.2) is 0 Å². The predicted octanol–water partition coefficient (Wildman–Crippen LogP) is 14.2. The van der Waals surface area contributed by atoms with Crippen molar-refractivity contribution in [2.24, 2.45) is 0 Å². The lowest BCUT2D eigenvalue weighted by atomic mass is 9.98. The summed E-state index contributed by atoms with van der Waals surface area (Å²) >= 11 is 0. The summed E-state index contributed by atoms with van der Waals surface area (Å²) in [6.45, 7) is 8.74. The minimum absolute atomic E-state index is 0.251. The van der Waals surface area contributed by atoms with Gasteiger partial charge in [0.1, 0.15) is 0 Å². The van der Waals surface area contributed by atoms with Crippen LogP contribution in [0.5, 0.6) is 0 Å². The molecule has 1 unspecified atom stereocenters. The average Bonchev–Trinajstić information content (AvgIpc) is 3.56. The third-order valence-corrected chi connectivity index (χ3v) is 10.7. The van der Waals surface area contributed by atoms with Gasteiger partial charge in [-0.15, -0.1) is 0 Å². The number of allylic oxidation sites excluding steroid dienone is 8. The molecule has 1 aliphatic heterocycles. The van der Waals surface area contributed by atoms with Crippen molar-refractivity contribution in [3.63, 3.8) is 0 Å². The molecule has 1 atom stereocenters. The van der Waals surface area contributed by atoms with Gasteiger partial charge in [0.25, 0.3) is 0 Å². The molecule has 1 rings (SSSR count). The molecule has 52 heavy (non-hydrogen) atoms. The standard InChI is InChI=1S/C48H90N2O2/c1-5-7-9-11-13-15-17-19-21-23-25-27-29-31-33-36-41-48(51-46-47(52-48)40-45-50(4)44-39-35-38-43-49-3)42-37-34-32-30-28-26-24-22-20-18-16-14-12-10-8-6-2/h13-16,19-22,47,49H,5-12,17-18,23-46H2,1-4H3. The van der Waals surface area contributed by atoms with E-state index in [0.29, 0.717) is 0 Å². The second-order valence-corrected chi connectivity index (χ2v) is 15.9. The number of nitrogens with zero attached hydrogens (tertiary/aromatic N) is 1. The fraction of sp³-hybridized carbons (Fsp3) is 0.833. The van der Waals surface area contributed by atoms with Crippen molar-refractivity contribution in [3.05, 3.63) is 48.6 Å². The summed E-state index contributed by atoms with van der Waals surface area (Å²) in [5.41, 5.74) is 0. The number of ether oxygens (including phenoxy) is 2. The van der Waals surface area contributed by atoms with E-state index >= 15 is 0 Å². The first-order valence-electron chi connectivity index (χ1n) is 22.9. The largest absolute Gasteiger partial charge is 0.347 e. The van der Waals surface area contributed by atoms with Crippen LogP contribution in [0.15, 0.2) is 48.6 Å². The van der Waals surface area contributed by atoms with Gasteiger partial charge in [-0.05, 0) is 123 Å². The van der Waals surface area contributed by atoms with Gasteiger partial charge in [0.2, 0.25) is 0 Å². The van der Waals surface area contributed by atoms with Gasteiger partial charge in [0.15, 0.2) is 5.79 Å². The lowest BCUT2D eigenvalue weighted by Crippen LogP contribution is -2.32. The minimum atomic E-state index is -0.332. The summed E-state index contributed by atoms with van der Waals surface area (Å²) in [5.74, 6) is -0.332. The summed E-state index contributed by atoms with van der Waals surface area (Å²) < 4.78 is 13.4. The zero-order chi connectivity index (χ0) is 37.5. The second kappa shape index (κ2) is 38.1. The van der Waals surface area contributed by atoms with Gasteiger partial charge in [-0.1, -0.05) is 146 Å². The van der Waals surface area contributed by atoms with Gasteiger partial charge in [-0.2, -0.15) is 0 Å². The quantitative estimate of drug-likeness (QED) is 0.0505. The number of rotatable bonds is 39. The van der Waals surface area contributed by atoms with E-state index in [1.807, 2.05) is 7.05 Å². The maximum Gasteiger partial charge on any atom is 0.168 e. The Morgan fingerprint density at radius 1 is 0.538 bits per heavy atom. The molecule has 4 nitrogen and oxygen atoms in total. The smallest absolute Gasteiger partial charge is 0.168 e. The monoisotopic (exact) mass is 727 g/mol. The topological polar surface area (TPSA) is 33.7 Å². The van der Waals surface area contributed by atoms with Gasteiger partial charge >= 0.3 is 0 Å². The molecule has 0 aromatic carbocycles. The number of nitrogens with one attached hydrogen (secondary N) is 1. The third-order valence-electron chi connectivity index (χ3n) is 10.7. The zero-order valence-corrected chi connectivity index (χ0v) is 35.5. The minimum Gasteiger partial charge on any atom is -0.347 e. The van der Waals surface area contributed by atoms with E-state index in [2.05, 4.69) is 79.7 Å². The number of hydrogen-bond acceptors (Lipinski definition) is 4. The molecule has 0 radical (unpaired) electrons. The Hall–Kier alpha value is -1.20. The van der Waals surface area contributed by atoms with Crippen LogP contribution in [-0.4, -0.2) is 57.1 Å². The van der Waals surface area contributed by atoms with Crippen molar-refractivity contribution in [3.8, 4) is 0 Å². The van der Waals surface area contributed by atoms with E-state index < -0.39 is 0 Å². The molecule has 304 valence electrons. The predicted molar refractivity (Wildman–Crippen MR) is 231 cm³/mol. The maximum atomic E-state index is 6.82. The molecule has 1 saturated heterocycles. The number of hydrogen-bond donors (Lipinski definition) is 1. The molecule has 4 heteroatoms. The summed E-state index contributed by atoms with van der Waals surface area (Å²) in [6.07, 6.45) is 57.2. The van der Waals surface area contributed by atoms with Crippen molar-refractivity contribution < 1.29 is 9.47 Å². The Kier molecular flexibility index (Phi) is 35.8. The van der Waals surface area contributed by atoms with Crippen LogP contribution in [0, 0.1) is 0 Å². The van der Waals surface area contributed by atoms with E-state index in [0.717, 1.165) is 51.8 Å². The summed E-state index contributed by atoms with van der Waals surface area (Å²) in [5, 5.41) is 3.26. The normalized spacial score (nSPS) is 18.2. The van der Waals surface area contributed by atoms with Crippen LogP contribution in [0.25, 0.3) is 0 Å². The van der Waals surface area contributed by atoms with E-state index in [4.69, 9.17) is 9.47 Å². The molecule has 0 aromatic heterocycles. The highest BCUT2D eigenvalue weighted by Crippen LogP contribution is 2.35. The molecular formula is C48H90N2O2. The Bertz CT molecular complexity index is 801. The van der Waals surface area contributed by atoms with E-state index in [1.54, 1.807) is 0 Å². The van der Waals surface area contributed by atoms with Crippen LogP contribution in [0.4, 0.5) is 0 Å². The third kappa shape index (κ3) is 31.2. The van der Waals surface area contributed by atoms with Crippen molar-refractivity contribution in [1.82, 2.24) is 10.2 Å². The van der Waals surface area contributed by atoms with Crippen LogP contribution in [0.2, 0.25) is 0 Å². The van der Waals surface area contributed by atoms with Crippen LogP contribution in [0.1, 0.15) is 206 Å². The lowest BCUT2D eigenvalue weighted by Gasteiger charge is -2.29. The molecule has 0 aromatic rings. The second-order valence-electron chi connectivity index (χ2n) is 15.9. The fourth-order valence-corrected chi connectivity index (χ4v) is 7.25. The molecular weight excluding hydrogens is 637 g/mol. The highest BCUT2D eigenvalue weighted by atomic mass is 16.7. The first-order valence-corrected chi connectivity index (χ1v) is 22.9. The maximum absolute atomic E-state index is 6.82. The molecule has 1 aliphatic rings. The van der Waals surface area contributed by atoms with Crippen molar-refractivity contribution in [2.75, 3.05) is 40.3 Å². The zero-order valence-electron chi connectivity index (χ0n) is 35.5. The first kappa shape index (κ1) is 48.8. The Labute approximate surface area is 326 Å². The van der Waals surface area contributed by atoms with E-state index in [1.165, 1.54) is 167 Å². The molecule has 0 amide bonds. The van der Waals surface area contributed by atoms with Crippen LogP contribution >= 0.6 is 0 Å². The van der Waals surface area contributed by atoms with Gasteiger partial charge in [-0.3, -0.25) is 0 Å². The highest BCUT2D eigenvalue weighted by Gasteiger charge is 2.40. The van der Waals surface area contributed by atoms with Crippen molar-refractivity contribution in [1.29, 1.82) is 0 Å². The van der Waals surface area contributed by atoms with E-state index in [-0.39, 0.29) is 11.9 Å². The van der Waals surface area contributed by atoms with Gasteiger partial charge < -0.3 is 19.7 Å². The first-order chi connectivity index (χ1) is 25.7. The molecule has 0 bridgehead atoms. The highest BCUT2D eigenvalue weighted by molar-refractivity contribution is 4.93. The summed E-state index contributed by atoms with van der Waals surface area (Å²) in [6, 6.07) is 0. The van der Waals surface area contributed by atoms with Crippen molar-refractivity contribution >= 4 is 0 Å². The number of unbranched alkanes of at least 4 members (excludes halogenated alkanes) is 20. The Balaban J connectivity index is 2.30. The Morgan fingerprint density at radius 3 is 1.46 bits per heavy atom. The van der Waals surface area contributed by atoms with Gasteiger partial charge in [0, 0.05) is 19.4 Å². The molecule has 0 spiro atoms. The van der Waals surface area contributed by atoms with E-state index in [9.17, 15) is 0 Å². The molecule has 0 aliphatic carbocycles. The van der Waals surface area contributed by atoms with Crippen molar-refractivity contribution in [2.45, 2.75) is 218 Å². The van der Waals surface area contributed by atoms with Gasteiger partial charge in [0.05, 0.1) is 12.7 Å².